The maximum absolute atomic E-state index is 12.6. The van der Waals surface area contributed by atoms with E-state index in [9.17, 15) is 14.4 Å². The highest BCUT2D eigenvalue weighted by Crippen LogP contribution is 2.17. The molecule has 5 unspecified atom stereocenters. The number of carbonyl (C=O) groups excluding carboxylic acids is 3. The molecule has 182 valence electrons. The van der Waals surface area contributed by atoms with Gasteiger partial charge >= 0.3 is 0 Å². The van der Waals surface area contributed by atoms with Gasteiger partial charge in [0.2, 0.25) is 17.7 Å². The summed E-state index contributed by atoms with van der Waals surface area (Å²) in [6.45, 7) is 8.83. The molecule has 0 fully saturated rings. The fourth-order valence-electron chi connectivity index (χ4n) is 3.53. The summed E-state index contributed by atoms with van der Waals surface area (Å²) in [7, 11) is 3.23. The number of carbonyl (C=O) groups is 3. The fourth-order valence-corrected chi connectivity index (χ4v) is 3.53. The lowest BCUT2D eigenvalue weighted by Gasteiger charge is -2.23. The number of likely N-dealkylation sites (N-methyl/N-ethyl adjacent to an activating group) is 1. The number of ether oxygens (including phenoxy) is 1. The van der Waals surface area contributed by atoms with Crippen molar-refractivity contribution in [2.45, 2.75) is 59.2 Å². The van der Waals surface area contributed by atoms with Gasteiger partial charge in [0, 0.05) is 27.0 Å². The summed E-state index contributed by atoms with van der Waals surface area (Å²) in [5.74, 6) is -1.23. The second-order valence-electron chi connectivity index (χ2n) is 8.45. The van der Waals surface area contributed by atoms with E-state index in [4.69, 9.17) is 4.74 Å². The molecule has 1 rings (SSSR count). The predicted molar refractivity (Wildman–Crippen MR) is 131 cm³/mol. The van der Waals surface area contributed by atoms with Crippen molar-refractivity contribution in [3.8, 4) is 0 Å². The summed E-state index contributed by atoms with van der Waals surface area (Å²) < 4.78 is 5.72. The Bertz CT molecular complexity index is 835. The van der Waals surface area contributed by atoms with Crippen molar-refractivity contribution in [2.75, 3.05) is 14.2 Å². The van der Waals surface area contributed by atoms with E-state index in [0.29, 0.717) is 0 Å². The number of hydrogen-bond donors (Lipinski definition) is 3. The Morgan fingerprint density at radius 3 is 2.18 bits per heavy atom. The number of amides is 3. The Kier molecular flexibility index (Phi) is 12.1. The van der Waals surface area contributed by atoms with Gasteiger partial charge in [0.05, 0.1) is 18.1 Å². The van der Waals surface area contributed by atoms with Gasteiger partial charge in [-0.15, -0.1) is 0 Å². The maximum atomic E-state index is 12.6. The molecule has 0 radical (unpaired) electrons. The van der Waals surface area contributed by atoms with Crippen LogP contribution in [0.4, 0.5) is 0 Å². The fraction of sp³-hybridized carbons (Fsp3) is 0.500. The zero-order chi connectivity index (χ0) is 25.0. The van der Waals surface area contributed by atoms with Crippen LogP contribution in [0.5, 0.6) is 0 Å². The van der Waals surface area contributed by atoms with Crippen molar-refractivity contribution in [2.24, 2.45) is 11.8 Å². The van der Waals surface area contributed by atoms with Crippen LogP contribution in [0.3, 0.4) is 0 Å². The van der Waals surface area contributed by atoms with E-state index in [1.54, 1.807) is 21.0 Å². The summed E-state index contributed by atoms with van der Waals surface area (Å²) in [4.78, 5) is 36.0. The predicted octanol–water partition coefficient (Wildman–Crippen LogP) is 2.77. The third-order valence-corrected chi connectivity index (χ3v) is 5.58. The van der Waals surface area contributed by atoms with Gasteiger partial charge in [-0.05, 0) is 25.8 Å². The van der Waals surface area contributed by atoms with Crippen molar-refractivity contribution in [1.82, 2.24) is 16.0 Å². The molecule has 0 heterocycles. The third kappa shape index (κ3) is 10.0. The van der Waals surface area contributed by atoms with Crippen LogP contribution in [-0.4, -0.2) is 50.1 Å². The topological polar surface area (TPSA) is 96.5 Å². The van der Waals surface area contributed by atoms with E-state index in [-0.39, 0.29) is 29.7 Å². The molecule has 3 N–H and O–H groups in total. The summed E-state index contributed by atoms with van der Waals surface area (Å²) in [5, 5.41) is 8.00. The molecule has 5 atom stereocenters. The average molecular weight is 458 g/mol. The summed E-state index contributed by atoms with van der Waals surface area (Å²) in [6.07, 6.45) is 6.67. The molecule has 0 saturated heterocycles. The van der Waals surface area contributed by atoms with Crippen LogP contribution >= 0.6 is 0 Å². The van der Waals surface area contributed by atoms with Gasteiger partial charge in [-0.25, -0.2) is 0 Å². The first kappa shape index (κ1) is 28.1. The number of rotatable bonds is 12. The van der Waals surface area contributed by atoms with Crippen LogP contribution in [0.1, 0.15) is 40.2 Å². The van der Waals surface area contributed by atoms with Crippen molar-refractivity contribution in [3.05, 3.63) is 59.7 Å². The molecular formula is C26H39N3O4. The minimum absolute atomic E-state index is 0.0257. The summed E-state index contributed by atoms with van der Waals surface area (Å²) in [6, 6.07) is 9.03. The van der Waals surface area contributed by atoms with Gasteiger partial charge in [0.15, 0.2) is 0 Å². The number of hydrogen-bond acceptors (Lipinski definition) is 4. The Hall–Kier alpha value is -2.93. The van der Waals surface area contributed by atoms with E-state index in [0.717, 1.165) is 12.0 Å². The minimum Gasteiger partial charge on any atom is -0.381 e. The van der Waals surface area contributed by atoms with Gasteiger partial charge in [-0.2, -0.15) is 0 Å². The zero-order valence-electron chi connectivity index (χ0n) is 20.8. The molecule has 0 spiro atoms. The first-order chi connectivity index (χ1) is 15.6. The largest absolute Gasteiger partial charge is 0.381 e. The minimum atomic E-state index is -0.662. The smallest absolute Gasteiger partial charge is 0.242 e. The normalized spacial score (nSPS) is 16.4. The summed E-state index contributed by atoms with van der Waals surface area (Å²) in [5.41, 5.74) is 2.22. The van der Waals surface area contributed by atoms with Crippen LogP contribution < -0.4 is 16.0 Å². The molecule has 0 aliphatic rings. The number of nitrogens with one attached hydrogen (secondary N) is 3. The molecule has 1 aromatic carbocycles. The summed E-state index contributed by atoms with van der Waals surface area (Å²) >= 11 is 0. The van der Waals surface area contributed by atoms with Crippen LogP contribution in [0, 0.1) is 11.8 Å². The molecule has 0 aromatic heterocycles. The van der Waals surface area contributed by atoms with Crippen molar-refractivity contribution in [3.63, 3.8) is 0 Å². The Balaban J connectivity index is 2.89. The van der Waals surface area contributed by atoms with Gasteiger partial charge in [0.25, 0.3) is 0 Å². The molecule has 0 bridgehead atoms. The molecule has 7 heteroatoms. The first-order valence-corrected chi connectivity index (χ1v) is 11.3. The van der Waals surface area contributed by atoms with Crippen LogP contribution in [0.15, 0.2) is 54.1 Å². The maximum Gasteiger partial charge on any atom is 0.242 e. The lowest BCUT2D eigenvalue weighted by Crippen LogP contribution is -2.49. The molecular weight excluding hydrogens is 418 g/mol. The Morgan fingerprint density at radius 2 is 1.64 bits per heavy atom. The lowest BCUT2D eigenvalue weighted by atomic mass is 9.94. The second kappa shape index (κ2) is 14.3. The van der Waals surface area contributed by atoms with Crippen LogP contribution in [-0.2, 0) is 25.5 Å². The monoisotopic (exact) mass is 457 g/mol. The highest BCUT2D eigenvalue weighted by molar-refractivity contribution is 5.88. The SMILES string of the molecule is CNC(=O)C(C)NC(=O)C(C)C(/C=C/C(C)=C/C(C)C(Cc1ccccc1)OC)NC(C)=O. The second-order valence-corrected chi connectivity index (χ2v) is 8.45. The quantitative estimate of drug-likeness (QED) is 0.421. The van der Waals surface area contributed by atoms with Gasteiger partial charge in [0.1, 0.15) is 6.04 Å². The van der Waals surface area contributed by atoms with Crippen LogP contribution in [0.2, 0.25) is 0 Å². The number of allylic oxidation sites excluding steroid dienone is 2. The Morgan fingerprint density at radius 1 is 1.00 bits per heavy atom. The van der Waals surface area contributed by atoms with E-state index < -0.39 is 18.0 Å². The highest BCUT2D eigenvalue weighted by atomic mass is 16.5. The van der Waals surface area contributed by atoms with Gasteiger partial charge < -0.3 is 20.7 Å². The van der Waals surface area contributed by atoms with Crippen molar-refractivity contribution in [1.29, 1.82) is 0 Å². The van der Waals surface area contributed by atoms with Crippen molar-refractivity contribution < 1.29 is 19.1 Å². The lowest BCUT2D eigenvalue weighted by molar-refractivity contribution is -0.131. The molecule has 3 amide bonds. The van der Waals surface area contributed by atoms with Crippen LogP contribution in [0.25, 0.3) is 0 Å². The van der Waals surface area contributed by atoms with Crippen molar-refractivity contribution >= 4 is 17.7 Å². The molecule has 0 aliphatic carbocycles. The van der Waals surface area contributed by atoms with E-state index in [1.807, 2.05) is 37.3 Å². The standard InChI is InChI=1S/C26H39N3O4/c1-17(15-18(2)24(33-7)16-22-11-9-8-10-12-22)13-14-23(29-21(5)30)19(3)25(31)28-20(4)26(32)27-6/h8-15,18-20,23-24H,16H2,1-7H3,(H,27,32)(H,28,31)(H,29,30)/b14-13+,17-15+. The molecule has 7 nitrogen and oxygen atoms in total. The first-order valence-electron chi connectivity index (χ1n) is 11.3. The highest BCUT2D eigenvalue weighted by Gasteiger charge is 2.25. The average Bonchev–Trinajstić information content (AvgIpc) is 2.79. The molecule has 1 aromatic rings. The molecule has 0 aliphatic heterocycles. The van der Waals surface area contributed by atoms with E-state index in [1.165, 1.54) is 19.5 Å². The van der Waals surface area contributed by atoms with Gasteiger partial charge in [-0.3, -0.25) is 14.4 Å². The van der Waals surface area contributed by atoms with E-state index >= 15 is 0 Å². The zero-order valence-corrected chi connectivity index (χ0v) is 20.8. The third-order valence-electron chi connectivity index (χ3n) is 5.58. The number of methoxy groups -OCH3 is 1. The number of benzene rings is 1. The Labute approximate surface area is 198 Å². The van der Waals surface area contributed by atoms with E-state index in [2.05, 4.69) is 41.1 Å². The molecule has 33 heavy (non-hydrogen) atoms. The van der Waals surface area contributed by atoms with Gasteiger partial charge in [-0.1, -0.05) is 68.0 Å². The molecule has 0 saturated carbocycles.